The van der Waals surface area contributed by atoms with E-state index >= 15 is 0 Å². The van der Waals surface area contributed by atoms with Gasteiger partial charge in [0.1, 0.15) is 11.6 Å². The van der Waals surface area contributed by atoms with Crippen molar-refractivity contribution in [2.75, 3.05) is 12.4 Å². The van der Waals surface area contributed by atoms with Crippen molar-refractivity contribution in [1.82, 2.24) is 4.98 Å². The quantitative estimate of drug-likeness (QED) is 0.688. The number of carbonyl (C=O) groups excluding carboxylic acids is 1. The second-order valence-corrected chi connectivity index (χ2v) is 4.55. The van der Waals surface area contributed by atoms with Gasteiger partial charge < -0.3 is 10.1 Å². The molecule has 0 aliphatic rings. The molecule has 0 amide bonds. The largest absolute Gasteiger partial charge is 0.465 e. The average Bonchev–Trinajstić information content (AvgIpc) is 2.52. The molecular formula is C15H12F4N2O2. The first-order chi connectivity index (χ1) is 10.8. The fraction of sp³-hybridized carbons (Fsp3) is 0.200. The number of anilines is 1. The minimum Gasteiger partial charge on any atom is -0.465 e. The summed E-state index contributed by atoms with van der Waals surface area (Å²) in [6, 6.07) is 5.52. The molecule has 0 saturated heterocycles. The normalized spacial score (nSPS) is 11.2. The number of benzene rings is 1. The van der Waals surface area contributed by atoms with E-state index in [4.69, 9.17) is 0 Å². The second-order valence-electron chi connectivity index (χ2n) is 4.55. The van der Waals surface area contributed by atoms with Crippen molar-refractivity contribution >= 4 is 11.8 Å². The van der Waals surface area contributed by atoms with Crippen molar-refractivity contribution in [1.29, 1.82) is 0 Å². The third-order valence-electron chi connectivity index (χ3n) is 3.03. The maximum atomic E-state index is 13.7. The summed E-state index contributed by atoms with van der Waals surface area (Å²) in [5, 5.41) is 2.44. The molecule has 122 valence electrons. The highest BCUT2D eigenvalue weighted by Gasteiger charge is 2.34. The molecule has 0 fully saturated rings. The number of methoxy groups -OCH3 is 1. The van der Waals surface area contributed by atoms with Gasteiger partial charge in [0.25, 0.3) is 0 Å². The summed E-state index contributed by atoms with van der Waals surface area (Å²) in [5.41, 5.74) is -0.834. The van der Waals surface area contributed by atoms with Crippen molar-refractivity contribution in [3.05, 3.63) is 59.0 Å². The zero-order chi connectivity index (χ0) is 17.0. The van der Waals surface area contributed by atoms with Crippen LogP contribution in [0.15, 0.2) is 36.5 Å². The molecule has 1 aromatic carbocycles. The molecule has 0 spiro atoms. The highest BCUT2D eigenvalue weighted by atomic mass is 19.4. The number of hydrogen-bond acceptors (Lipinski definition) is 4. The lowest BCUT2D eigenvalue weighted by Gasteiger charge is -2.13. The average molecular weight is 328 g/mol. The van der Waals surface area contributed by atoms with Gasteiger partial charge in [0.2, 0.25) is 0 Å². The van der Waals surface area contributed by atoms with Crippen molar-refractivity contribution in [3.8, 4) is 0 Å². The van der Waals surface area contributed by atoms with Crippen LogP contribution in [-0.2, 0) is 17.5 Å². The molecule has 0 bridgehead atoms. The number of aromatic nitrogens is 1. The topological polar surface area (TPSA) is 51.2 Å². The fourth-order valence-electron chi connectivity index (χ4n) is 1.91. The lowest BCUT2D eigenvalue weighted by molar-refractivity contribution is -0.137. The first-order valence-corrected chi connectivity index (χ1v) is 6.45. The molecule has 0 saturated carbocycles. The van der Waals surface area contributed by atoms with Gasteiger partial charge in [-0.15, -0.1) is 0 Å². The Morgan fingerprint density at radius 3 is 2.70 bits per heavy atom. The van der Waals surface area contributed by atoms with E-state index in [1.54, 1.807) is 0 Å². The number of nitrogens with zero attached hydrogens (tertiary/aromatic N) is 1. The van der Waals surface area contributed by atoms with Crippen LogP contribution in [0.3, 0.4) is 0 Å². The van der Waals surface area contributed by atoms with E-state index in [1.807, 2.05) is 0 Å². The Labute approximate surface area is 129 Å². The minimum absolute atomic E-state index is 0.0201. The Bertz CT molecular complexity index is 717. The number of alkyl halides is 3. The van der Waals surface area contributed by atoms with E-state index < -0.39 is 29.3 Å². The molecule has 0 atom stereocenters. The molecule has 0 radical (unpaired) electrons. The van der Waals surface area contributed by atoms with Gasteiger partial charge in [-0.1, -0.05) is 0 Å². The molecule has 2 aromatic rings. The SMILES string of the molecule is COC(=O)c1ccc(F)c(CNc2ncccc2C(F)(F)F)c1. The van der Waals surface area contributed by atoms with E-state index in [0.29, 0.717) is 0 Å². The Hall–Kier alpha value is -2.64. The van der Waals surface area contributed by atoms with Gasteiger partial charge in [-0.05, 0) is 30.3 Å². The predicted molar refractivity (Wildman–Crippen MR) is 74.3 cm³/mol. The molecule has 1 heterocycles. The number of esters is 1. The molecule has 4 nitrogen and oxygen atoms in total. The summed E-state index contributed by atoms with van der Waals surface area (Å²) in [7, 11) is 1.17. The van der Waals surface area contributed by atoms with Crippen LogP contribution in [0.2, 0.25) is 0 Å². The van der Waals surface area contributed by atoms with Gasteiger partial charge in [-0.25, -0.2) is 14.2 Å². The van der Waals surface area contributed by atoms with Crippen LogP contribution in [0.5, 0.6) is 0 Å². The molecular weight excluding hydrogens is 316 g/mol. The first kappa shape index (κ1) is 16.7. The smallest absolute Gasteiger partial charge is 0.419 e. The minimum atomic E-state index is -4.58. The molecule has 0 aliphatic carbocycles. The van der Waals surface area contributed by atoms with Crippen LogP contribution in [0.25, 0.3) is 0 Å². The maximum Gasteiger partial charge on any atom is 0.419 e. The molecule has 1 N–H and O–H groups in total. The Kier molecular flexibility index (Phi) is 4.83. The van der Waals surface area contributed by atoms with Crippen molar-refractivity contribution in [2.24, 2.45) is 0 Å². The summed E-state index contributed by atoms with van der Waals surface area (Å²) in [5.74, 6) is -1.74. The highest BCUT2D eigenvalue weighted by Crippen LogP contribution is 2.33. The third kappa shape index (κ3) is 3.97. The summed E-state index contributed by atoms with van der Waals surface area (Å²) in [6.07, 6.45) is -3.39. The van der Waals surface area contributed by atoms with Crippen molar-refractivity contribution in [3.63, 3.8) is 0 Å². The van der Waals surface area contributed by atoms with Crippen LogP contribution in [0.4, 0.5) is 23.4 Å². The van der Waals surface area contributed by atoms with Crippen molar-refractivity contribution < 1.29 is 27.1 Å². The third-order valence-corrected chi connectivity index (χ3v) is 3.03. The number of carbonyl (C=O) groups is 1. The van der Waals surface area contributed by atoms with E-state index in [-0.39, 0.29) is 17.7 Å². The number of hydrogen-bond donors (Lipinski definition) is 1. The van der Waals surface area contributed by atoms with Gasteiger partial charge in [0.15, 0.2) is 0 Å². The zero-order valence-corrected chi connectivity index (χ0v) is 11.9. The molecule has 1 aromatic heterocycles. The predicted octanol–water partition coefficient (Wildman–Crippen LogP) is 3.64. The molecule has 23 heavy (non-hydrogen) atoms. The maximum absolute atomic E-state index is 13.7. The lowest BCUT2D eigenvalue weighted by atomic mass is 10.1. The zero-order valence-electron chi connectivity index (χ0n) is 11.9. The van der Waals surface area contributed by atoms with Gasteiger partial charge in [-0.2, -0.15) is 13.2 Å². The van der Waals surface area contributed by atoms with Crippen molar-refractivity contribution in [2.45, 2.75) is 12.7 Å². The van der Waals surface area contributed by atoms with Crippen LogP contribution in [0.1, 0.15) is 21.5 Å². The lowest BCUT2D eigenvalue weighted by Crippen LogP contribution is -2.13. The monoisotopic (exact) mass is 328 g/mol. The Morgan fingerprint density at radius 2 is 2.04 bits per heavy atom. The molecule has 0 aliphatic heterocycles. The van der Waals surface area contributed by atoms with E-state index in [0.717, 1.165) is 18.2 Å². The Balaban J connectivity index is 2.24. The first-order valence-electron chi connectivity index (χ1n) is 6.45. The molecule has 2 rings (SSSR count). The van der Waals surface area contributed by atoms with E-state index in [2.05, 4.69) is 15.0 Å². The highest BCUT2D eigenvalue weighted by molar-refractivity contribution is 5.89. The summed E-state index contributed by atoms with van der Waals surface area (Å²) >= 11 is 0. The van der Waals surface area contributed by atoms with E-state index in [9.17, 15) is 22.4 Å². The molecule has 0 unspecified atom stereocenters. The number of rotatable bonds is 4. The van der Waals surface area contributed by atoms with Crippen LogP contribution >= 0.6 is 0 Å². The molecule has 8 heteroatoms. The van der Waals surface area contributed by atoms with E-state index in [1.165, 1.54) is 25.4 Å². The Morgan fingerprint density at radius 1 is 1.30 bits per heavy atom. The van der Waals surface area contributed by atoms with Gasteiger partial charge >= 0.3 is 12.1 Å². The van der Waals surface area contributed by atoms with Crippen LogP contribution in [-0.4, -0.2) is 18.1 Å². The van der Waals surface area contributed by atoms with Gasteiger partial charge in [0, 0.05) is 18.3 Å². The van der Waals surface area contributed by atoms with Gasteiger partial charge in [-0.3, -0.25) is 0 Å². The summed E-state index contributed by atoms with van der Waals surface area (Å²) in [6.45, 7) is -0.267. The summed E-state index contributed by atoms with van der Waals surface area (Å²) in [4.78, 5) is 15.0. The summed E-state index contributed by atoms with van der Waals surface area (Å²) < 4.78 is 56.8. The number of ether oxygens (including phenoxy) is 1. The second kappa shape index (κ2) is 6.64. The number of halogens is 4. The number of nitrogens with one attached hydrogen (secondary N) is 1. The fourth-order valence-corrected chi connectivity index (χ4v) is 1.91. The van der Waals surface area contributed by atoms with Gasteiger partial charge in [0.05, 0.1) is 18.2 Å². The van der Waals surface area contributed by atoms with Crippen LogP contribution in [0, 0.1) is 5.82 Å². The standard InChI is InChI=1S/C15H12F4N2O2/c1-23-14(22)9-4-5-12(16)10(7-9)8-21-13-11(15(17,18)19)3-2-6-20-13/h2-7H,8H2,1H3,(H,20,21). The number of pyridine rings is 1. The van der Waals surface area contributed by atoms with Crippen LogP contribution < -0.4 is 5.32 Å².